The number of carbonyl (C=O) groups is 1. The molecule has 2 atom stereocenters. The summed E-state index contributed by atoms with van der Waals surface area (Å²) in [7, 11) is 0. The molecule has 1 aromatic carbocycles. The average molecular weight is 410 g/mol. The van der Waals surface area contributed by atoms with Gasteiger partial charge in [-0.25, -0.2) is 13.8 Å². The largest absolute Gasteiger partial charge is 0.309 e. The van der Waals surface area contributed by atoms with E-state index < -0.39 is 12.1 Å². The zero-order valence-corrected chi connectivity index (χ0v) is 16.7. The van der Waals surface area contributed by atoms with Crippen molar-refractivity contribution in [1.82, 2.24) is 24.6 Å². The van der Waals surface area contributed by atoms with Crippen LogP contribution in [-0.2, 0) is 4.79 Å². The highest BCUT2D eigenvalue weighted by molar-refractivity contribution is 5.97. The van der Waals surface area contributed by atoms with E-state index in [1.54, 1.807) is 36.1 Å². The van der Waals surface area contributed by atoms with E-state index in [1.165, 1.54) is 0 Å². The summed E-state index contributed by atoms with van der Waals surface area (Å²) in [6.07, 6.45) is 5.78. The van der Waals surface area contributed by atoms with E-state index in [0.717, 1.165) is 5.39 Å². The van der Waals surface area contributed by atoms with E-state index >= 15 is 4.39 Å². The molecule has 9 heteroatoms. The van der Waals surface area contributed by atoms with Crippen molar-refractivity contribution in [2.24, 2.45) is 5.92 Å². The minimum absolute atomic E-state index is 0.00802. The first kappa shape index (κ1) is 18.7. The number of amides is 1. The number of hydrogen-bond donors (Lipinski definition) is 2. The van der Waals surface area contributed by atoms with Crippen molar-refractivity contribution in [3.8, 4) is 11.3 Å². The number of imidazole rings is 1. The first-order valence-corrected chi connectivity index (χ1v) is 9.80. The summed E-state index contributed by atoms with van der Waals surface area (Å²) in [5, 5.41) is 10.5. The number of nitrogens with one attached hydrogen (secondary N) is 2. The van der Waals surface area contributed by atoms with Gasteiger partial charge < -0.3 is 9.72 Å². The Morgan fingerprint density at radius 1 is 1.33 bits per heavy atom. The number of benzene rings is 1. The number of aromatic nitrogens is 5. The van der Waals surface area contributed by atoms with Crippen LogP contribution < -0.4 is 5.32 Å². The number of hydrogen-bond acceptors (Lipinski definition) is 4. The molecule has 4 aromatic rings. The van der Waals surface area contributed by atoms with Gasteiger partial charge in [0, 0.05) is 22.7 Å². The Kier molecular flexibility index (Phi) is 4.09. The molecule has 0 spiro atoms. The average Bonchev–Trinajstić information content (AvgIpc) is 3.08. The Labute approximate surface area is 170 Å². The van der Waals surface area contributed by atoms with Gasteiger partial charge in [-0.1, -0.05) is 13.8 Å². The summed E-state index contributed by atoms with van der Waals surface area (Å²) in [5.74, 6) is -0.928. The molecule has 0 bridgehead atoms. The van der Waals surface area contributed by atoms with Crippen molar-refractivity contribution in [1.29, 1.82) is 0 Å². The Hall–Kier alpha value is -3.36. The highest BCUT2D eigenvalue weighted by Crippen LogP contribution is 2.38. The van der Waals surface area contributed by atoms with Crippen molar-refractivity contribution in [3.63, 3.8) is 0 Å². The van der Waals surface area contributed by atoms with Gasteiger partial charge in [-0.05, 0) is 24.8 Å². The Morgan fingerprint density at radius 3 is 2.80 bits per heavy atom. The number of carbonyl (C=O) groups excluding carboxylic acids is 1. The molecular weight excluding hydrogens is 390 g/mol. The van der Waals surface area contributed by atoms with Crippen molar-refractivity contribution < 1.29 is 13.6 Å². The van der Waals surface area contributed by atoms with Crippen molar-refractivity contribution >= 4 is 28.3 Å². The molecule has 154 valence electrons. The summed E-state index contributed by atoms with van der Waals surface area (Å²) >= 11 is 0. The van der Waals surface area contributed by atoms with Gasteiger partial charge >= 0.3 is 0 Å². The highest BCUT2D eigenvalue weighted by atomic mass is 19.1. The maximum Gasteiger partial charge on any atom is 0.231 e. The minimum Gasteiger partial charge on any atom is -0.309 e. The second-order valence-corrected chi connectivity index (χ2v) is 8.05. The third-order valence-electron chi connectivity index (χ3n) is 5.59. The van der Waals surface area contributed by atoms with Crippen LogP contribution in [0.3, 0.4) is 0 Å². The lowest BCUT2D eigenvalue weighted by molar-refractivity contribution is -0.117. The van der Waals surface area contributed by atoms with Gasteiger partial charge in [-0.15, -0.1) is 0 Å². The van der Waals surface area contributed by atoms with Gasteiger partial charge in [-0.2, -0.15) is 5.10 Å². The Bertz CT molecular complexity index is 1310. The van der Waals surface area contributed by atoms with Crippen LogP contribution in [0, 0.1) is 18.7 Å². The van der Waals surface area contributed by atoms with Gasteiger partial charge in [0.25, 0.3) is 0 Å². The normalized spacial score (nSPS) is 18.5. The summed E-state index contributed by atoms with van der Waals surface area (Å²) in [6.45, 7) is 5.61. The lowest BCUT2D eigenvalue weighted by Gasteiger charge is -2.15. The summed E-state index contributed by atoms with van der Waals surface area (Å²) in [6, 6.07) is 0. The molecule has 0 unspecified atom stereocenters. The number of aromatic amines is 1. The number of anilines is 1. The third kappa shape index (κ3) is 2.84. The van der Waals surface area contributed by atoms with E-state index in [0.29, 0.717) is 39.4 Å². The third-order valence-corrected chi connectivity index (χ3v) is 5.59. The van der Waals surface area contributed by atoms with Crippen LogP contribution in [0.15, 0.2) is 24.8 Å². The van der Waals surface area contributed by atoms with Gasteiger partial charge in [0.05, 0.1) is 35.7 Å². The number of rotatable bonds is 4. The molecule has 1 fully saturated rings. The van der Waals surface area contributed by atoms with Crippen LogP contribution in [0.5, 0.6) is 0 Å². The lowest BCUT2D eigenvalue weighted by atomic mass is 9.92. The Morgan fingerprint density at radius 2 is 2.10 bits per heavy atom. The number of H-pyrrole nitrogens is 1. The van der Waals surface area contributed by atoms with Crippen LogP contribution in [-0.4, -0.2) is 36.6 Å². The number of fused-ring (bicyclic) bond motifs is 2. The molecule has 1 aliphatic rings. The molecule has 1 saturated carbocycles. The van der Waals surface area contributed by atoms with Crippen molar-refractivity contribution in [3.05, 3.63) is 41.7 Å². The van der Waals surface area contributed by atoms with Crippen LogP contribution in [0.4, 0.5) is 14.6 Å². The summed E-state index contributed by atoms with van der Waals surface area (Å²) in [5.41, 5.74) is 3.48. The van der Waals surface area contributed by atoms with Crippen LogP contribution in [0.1, 0.15) is 37.3 Å². The van der Waals surface area contributed by atoms with E-state index in [4.69, 9.17) is 0 Å². The zero-order chi connectivity index (χ0) is 21.2. The molecule has 3 heterocycles. The molecule has 0 aliphatic heterocycles. The molecule has 5 rings (SSSR count). The first-order valence-electron chi connectivity index (χ1n) is 9.80. The first-order chi connectivity index (χ1) is 14.3. The number of alkyl halides is 1. The second kappa shape index (κ2) is 6.58. The van der Waals surface area contributed by atoms with Crippen molar-refractivity contribution in [2.75, 3.05) is 5.32 Å². The van der Waals surface area contributed by atoms with Crippen molar-refractivity contribution in [2.45, 2.75) is 39.3 Å². The fraction of sp³-hybridized carbons (Fsp3) is 0.333. The maximum atomic E-state index is 15.2. The van der Waals surface area contributed by atoms with Crippen LogP contribution in [0.2, 0.25) is 0 Å². The Balaban J connectivity index is 1.59. The van der Waals surface area contributed by atoms with Gasteiger partial charge in [0.15, 0.2) is 11.5 Å². The number of halogens is 2. The zero-order valence-electron chi connectivity index (χ0n) is 16.7. The summed E-state index contributed by atoms with van der Waals surface area (Å²) in [4.78, 5) is 20.7. The van der Waals surface area contributed by atoms with E-state index in [2.05, 4.69) is 25.5 Å². The van der Waals surface area contributed by atoms with Gasteiger partial charge in [-0.3, -0.25) is 14.9 Å². The van der Waals surface area contributed by atoms with Crippen LogP contribution >= 0.6 is 0 Å². The quantitative estimate of drug-likeness (QED) is 0.529. The molecule has 30 heavy (non-hydrogen) atoms. The van der Waals surface area contributed by atoms with E-state index in [9.17, 15) is 9.18 Å². The molecule has 0 saturated heterocycles. The molecule has 1 amide bonds. The summed E-state index contributed by atoms with van der Waals surface area (Å²) < 4.78 is 30.0. The fourth-order valence-corrected chi connectivity index (χ4v) is 3.92. The van der Waals surface area contributed by atoms with E-state index in [1.807, 2.05) is 13.8 Å². The van der Waals surface area contributed by atoms with E-state index in [-0.39, 0.29) is 24.1 Å². The standard InChI is InChI=1S/C21H20F2N6O/c1-9(2)17-19(23)10(3)18(12-5-25-28-20(12)17)14-7-29-8-15(26-16(29)6-24-14)27-21(30)11-4-13(11)22/h5-9,11,13H,4H2,1-3H3,(H,25,28)(H,27,30)/t11-,13+/m1/s1. The second-order valence-electron chi connectivity index (χ2n) is 8.05. The molecule has 3 aromatic heterocycles. The molecule has 7 nitrogen and oxygen atoms in total. The fourth-order valence-electron chi connectivity index (χ4n) is 3.92. The minimum atomic E-state index is -1.07. The molecule has 1 aliphatic carbocycles. The predicted molar refractivity (Wildman–Crippen MR) is 108 cm³/mol. The molecule has 2 N–H and O–H groups in total. The SMILES string of the molecule is Cc1c(F)c(C(C)C)c2[nH]ncc2c1-c1cn2cc(NC(=O)[C@@H]3C[C@@H]3F)nc2cn1. The van der Waals surface area contributed by atoms with Gasteiger partial charge in [0.2, 0.25) is 5.91 Å². The highest BCUT2D eigenvalue weighted by Gasteiger charge is 2.43. The monoisotopic (exact) mass is 410 g/mol. The van der Waals surface area contributed by atoms with Gasteiger partial charge in [0.1, 0.15) is 12.0 Å². The lowest BCUT2D eigenvalue weighted by Crippen LogP contribution is -2.15. The maximum absolute atomic E-state index is 15.2. The smallest absolute Gasteiger partial charge is 0.231 e. The molecule has 0 radical (unpaired) electrons. The topological polar surface area (TPSA) is 88.0 Å². The van der Waals surface area contributed by atoms with Crippen LogP contribution in [0.25, 0.3) is 27.8 Å². The number of nitrogens with zero attached hydrogens (tertiary/aromatic N) is 4. The molecular formula is C21H20F2N6O. The predicted octanol–water partition coefficient (Wildman–Crippen LogP) is 4.14.